The summed E-state index contributed by atoms with van der Waals surface area (Å²) in [6, 6.07) is 0.150. The Balaban J connectivity index is 2.37. The summed E-state index contributed by atoms with van der Waals surface area (Å²) >= 11 is 0. The van der Waals surface area contributed by atoms with E-state index < -0.39 is 5.97 Å². The first-order valence-corrected chi connectivity index (χ1v) is 6.84. The third-order valence-corrected chi connectivity index (χ3v) is 3.51. The molecule has 5 nitrogen and oxygen atoms in total. The van der Waals surface area contributed by atoms with Gasteiger partial charge in [0.25, 0.3) is 0 Å². The molecule has 0 aliphatic heterocycles. The number of carbonyl (C=O) groups is 2. The van der Waals surface area contributed by atoms with Crippen molar-refractivity contribution >= 4 is 12.0 Å². The van der Waals surface area contributed by atoms with Crippen molar-refractivity contribution in [3.8, 4) is 0 Å². The van der Waals surface area contributed by atoms with Crippen LogP contribution < -0.4 is 5.32 Å². The number of carbonyl (C=O) groups excluding carboxylic acids is 1. The Kier molecular flexibility index (Phi) is 5.95. The second-order valence-corrected chi connectivity index (χ2v) is 4.94. The lowest BCUT2D eigenvalue weighted by atomic mass is 10.0. The van der Waals surface area contributed by atoms with E-state index in [9.17, 15) is 9.59 Å². The zero-order valence-electron chi connectivity index (χ0n) is 11.3. The molecule has 0 unspecified atom stereocenters. The Bertz CT molecular complexity index is 286. The number of urea groups is 1. The van der Waals surface area contributed by atoms with Crippen molar-refractivity contribution in [3.63, 3.8) is 0 Å². The average molecular weight is 256 g/mol. The molecule has 0 atom stereocenters. The SMILES string of the molecule is CCC(CC)CNC(=O)N(CCC(=O)O)C1CC1. The van der Waals surface area contributed by atoms with E-state index in [1.54, 1.807) is 4.90 Å². The van der Waals surface area contributed by atoms with E-state index in [0.717, 1.165) is 25.7 Å². The molecule has 0 aromatic carbocycles. The minimum Gasteiger partial charge on any atom is -0.481 e. The van der Waals surface area contributed by atoms with Crippen molar-refractivity contribution in [3.05, 3.63) is 0 Å². The molecule has 0 radical (unpaired) electrons. The topological polar surface area (TPSA) is 69.6 Å². The van der Waals surface area contributed by atoms with Crippen molar-refractivity contribution in [1.82, 2.24) is 10.2 Å². The summed E-state index contributed by atoms with van der Waals surface area (Å²) in [5.74, 6) is -0.345. The minimum absolute atomic E-state index is 0.0227. The predicted molar refractivity (Wildman–Crippen MR) is 69.5 cm³/mol. The van der Waals surface area contributed by atoms with E-state index >= 15 is 0 Å². The van der Waals surface area contributed by atoms with Gasteiger partial charge in [0, 0.05) is 19.1 Å². The largest absolute Gasteiger partial charge is 0.481 e. The highest BCUT2D eigenvalue weighted by Crippen LogP contribution is 2.27. The smallest absolute Gasteiger partial charge is 0.317 e. The monoisotopic (exact) mass is 256 g/mol. The van der Waals surface area contributed by atoms with Crippen LogP contribution in [0.5, 0.6) is 0 Å². The highest BCUT2D eigenvalue weighted by molar-refractivity contribution is 5.76. The Morgan fingerprint density at radius 3 is 2.39 bits per heavy atom. The van der Waals surface area contributed by atoms with Crippen LogP contribution in [-0.4, -0.2) is 41.1 Å². The van der Waals surface area contributed by atoms with Crippen LogP contribution in [0.1, 0.15) is 46.0 Å². The predicted octanol–water partition coefficient (Wildman–Crippen LogP) is 2.07. The van der Waals surface area contributed by atoms with Gasteiger partial charge >= 0.3 is 12.0 Å². The molecule has 0 aromatic rings. The summed E-state index contributed by atoms with van der Waals surface area (Å²) in [5, 5.41) is 11.6. The van der Waals surface area contributed by atoms with Gasteiger partial charge in [-0.2, -0.15) is 0 Å². The minimum atomic E-state index is -0.853. The lowest BCUT2D eigenvalue weighted by molar-refractivity contribution is -0.137. The number of nitrogens with zero attached hydrogens (tertiary/aromatic N) is 1. The number of carboxylic acid groups (broad SMARTS) is 1. The first-order valence-electron chi connectivity index (χ1n) is 6.84. The van der Waals surface area contributed by atoms with Gasteiger partial charge in [0.05, 0.1) is 6.42 Å². The molecule has 0 bridgehead atoms. The highest BCUT2D eigenvalue weighted by Gasteiger charge is 2.32. The molecular weight excluding hydrogens is 232 g/mol. The quantitative estimate of drug-likeness (QED) is 0.698. The van der Waals surface area contributed by atoms with E-state index in [1.807, 2.05) is 0 Å². The van der Waals surface area contributed by atoms with E-state index in [4.69, 9.17) is 5.11 Å². The molecule has 5 heteroatoms. The number of nitrogens with one attached hydrogen (secondary N) is 1. The molecule has 1 rings (SSSR count). The zero-order valence-corrected chi connectivity index (χ0v) is 11.3. The van der Waals surface area contributed by atoms with E-state index in [-0.39, 0.29) is 18.5 Å². The number of carboxylic acids is 1. The van der Waals surface area contributed by atoms with Crippen molar-refractivity contribution in [2.75, 3.05) is 13.1 Å². The summed E-state index contributed by atoms with van der Waals surface area (Å²) in [6.07, 6.45) is 4.12. The summed E-state index contributed by atoms with van der Waals surface area (Å²) in [7, 11) is 0. The van der Waals surface area contributed by atoms with Crippen LogP contribution in [0, 0.1) is 5.92 Å². The van der Waals surface area contributed by atoms with Crippen LogP contribution in [0.15, 0.2) is 0 Å². The maximum Gasteiger partial charge on any atom is 0.317 e. The van der Waals surface area contributed by atoms with Gasteiger partial charge in [-0.15, -0.1) is 0 Å². The first kappa shape index (κ1) is 14.8. The van der Waals surface area contributed by atoms with Crippen LogP contribution >= 0.6 is 0 Å². The molecule has 1 aliphatic carbocycles. The lowest BCUT2D eigenvalue weighted by Gasteiger charge is -2.23. The molecule has 104 valence electrons. The van der Waals surface area contributed by atoms with Crippen LogP contribution in [0.3, 0.4) is 0 Å². The van der Waals surface area contributed by atoms with Crippen molar-refractivity contribution < 1.29 is 14.7 Å². The summed E-state index contributed by atoms with van der Waals surface area (Å²) in [4.78, 5) is 24.2. The fourth-order valence-corrected chi connectivity index (χ4v) is 1.96. The first-order chi connectivity index (χ1) is 8.58. The highest BCUT2D eigenvalue weighted by atomic mass is 16.4. The molecule has 1 saturated carbocycles. The Morgan fingerprint density at radius 2 is 1.94 bits per heavy atom. The fraction of sp³-hybridized carbons (Fsp3) is 0.846. The number of hydrogen-bond donors (Lipinski definition) is 2. The molecule has 1 fully saturated rings. The van der Waals surface area contributed by atoms with Gasteiger partial charge in [-0.25, -0.2) is 4.79 Å². The maximum atomic E-state index is 12.0. The Labute approximate surface area is 109 Å². The van der Waals surface area contributed by atoms with Crippen LogP contribution in [0.25, 0.3) is 0 Å². The molecular formula is C13H24N2O3. The lowest BCUT2D eigenvalue weighted by Crippen LogP contribution is -2.44. The maximum absolute atomic E-state index is 12.0. The van der Waals surface area contributed by atoms with Crippen molar-refractivity contribution in [2.24, 2.45) is 5.92 Å². The van der Waals surface area contributed by atoms with Gasteiger partial charge in [0.2, 0.25) is 0 Å². The normalized spacial score (nSPS) is 14.6. The van der Waals surface area contributed by atoms with Crippen molar-refractivity contribution in [1.29, 1.82) is 0 Å². The standard InChI is InChI=1S/C13H24N2O3/c1-3-10(4-2)9-14-13(18)15(11-5-6-11)8-7-12(16)17/h10-11H,3-9H2,1-2H3,(H,14,18)(H,16,17). The van der Waals surface area contributed by atoms with E-state index in [2.05, 4.69) is 19.2 Å². The van der Waals surface area contributed by atoms with Crippen LogP contribution in [0.4, 0.5) is 4.79 Å². The van der Waals surface area contributed by atoms with E-state index in [1.165, 1.54) is 0 Å². The summed E-state index contributed by atoms with van der Waals surface area (Å²) in [5.41, 5.74) is 0. The van der Waals surface area contributed by atoms with Crippen molar-refractivity contribution in [2.45, 2.75) is 52.0 Å². The van der Waals surface area contributed by atoms with Gasteiger partial charge in [-0.3, -0.25) is 4.79 Å². The van der Waals surface area contributed by atoms with Gasteiger partial charge in [0.1, 0.15) is 0 Å². The number of hydrogen-bond acceptors (Lipinski definition) is 2. The Morgan fingerprint density at radius 1 is 1.33 bits per heavy atom. The number of amides is 2. The molecule has 2 N–H and O–H groups in total. The fourth-order valence-electron chi connectivity index (χ4n) is 1.96. The third kappa shape index (κ3) is 4.94. The van der Waals surface area contributed by atoms with Gasteiger partial charge in [-0.1, -0.05) is 26.7 Å². The molecule has 0 saturated heterocycles. The van der Waals surface area contributed by atoms with Crippen LogP contribution in [0.2, 0.25) is 0 Å². The molecule has 2 amide bonds. The number of rotatable bonds is 8. The van der Waals surface area contributed by atoms with E-state index in [0.29, 0.717) is 19.0 Å². The van der Waals surface area contributed by atoms with Gasteiger partial charge < -0.3 is 15.3 Å². The summed E-state index contributed by atoms with van der Waals surface area (Å²) < 4.78 is 0. The van der Waals surface area contributed by atoms with Gasteiger partial charge in [-0.05, 0) is 18.8 Å². The number of aliphatic carboxylic acids is 1. The average Bonchev–Trinajstić information content (AvgIpc) is 3.14. The van der Waals surface area contributed by atoms with Gasteiger partial charge in [0.15, 0.2) is 0 Å². The second-order valence-electron chi connectivity index (χ2n) is 4.94. The molecule has 1 aliphatic rings. The second kappa shape index (κ2) is 7.24. The molecule has 0 aromatic heterocycles. The molecule has 0 spiro atoms. The Hall–Kier alpha value is -1.26. The zero-order chi connectivity index (χ0) is 13.5. The third-order valence-electron chi connectivity index (χ3n) is 3.51. The molecule has 18 heavy (non-hydrogen) atoms. The van der Waals surface area contributed by atoms with Crippen LogP contribution in [-0.2, 0) is 4.79 Å². The molecule has 0 heterocycles. The summed E-state index contributed by atoms with van der Waals surface area (Å²) in [6.45, 7) is 5.23.